The first-order chi connectivity index (χ1) is 11.1. The van der Waals surface area contributed by atoms with Crippen molar-refractivity contribution < 1.29 is 4.79 Å². The molecule has 0 saturated heterocycles. The maximum Gasteiger partial charge on any atom is 0.254 e. The monoisotopic (exact) mass is 330 g/mol. The van der Waals surface area contributed by atoms with Crippen molar-refractivity contribution in [3.63, 3.8) is 0 Å². The molecule has 0 spiro atoms. The molecule has 1 aliphatic rings. The quantitative estimate of drug-likeness (QED) is 0.876. The summed E-state index contributed by atoms with van der Waals surface area (Å²) in [6.45, 7) is 2.57. The van der Waals surface area contributed by atoms with E-state index in [2.05, 4.69) is 28.4 Å². The number of nitrogens with zero attached hydrogens (tertiary/aromatic N) is 3. The number of hydrogen-bond donors (Lipinski definition) is 1. The zero-order valence-electron chi connectivity index (χ0n) is 13.0. The zero-order valence-corrected chi connectivity index (χ0v) is 13.8. The van der Waals surface area contributed by atoms with Crippen LogP contribution in [0, 0.1) is 0 Å². The molecule has 1 N–H and O–H groups in total. The highest BCUT2D eigenvalue weighted by molar-refractivity contribution is 6.30. The van der Waals surface area contributed by atoms with Crippen LogP contribution < -0.4 is 5.32 Å². The number of rotatable bonds is 4. The minimum atomic E-state index is -0.113. The van der Waals surface area contributed by atoms with Crippen molar-refractivity contribution in [1.29, 1.82) is 0 Å². The number of amides is 1. The van der Waals surface area contributed by atoms with Gasteiger partial charge in [0, 0.05) is 30.9 Å². The summed E-state index contributed by atoms with van der Waals surface area (Å²) in [6, 6.07) is 7.35. The molecule has 0 aliphatic carbocycles. The van der Waals surface area contributed by atoms with Gasteiger partial charge in [-0.25, -0.2) is 4.68 Å². The molecule has 5 nitrogen and oxygen atoms in total. The van der Waals surface area contributed by atoms with Gasteiger partial charge in [0.05, 0.1) is 17.4 Å². The summed E-state index contributed by atoms with van der Waals surface area (Å²) in [4.78, 5) is 14.5. The van der Waals surface area contributed by atoms with Gasteiger partial charge in [0.15, 0.2) is 0 Å². The van der Waals surface area contributed by atoms with E-state index in [-0.39, 0.29) is 5.91 Å². The fraction of sp³-hybridized carbons (Fsp3) is 0.294. The van der Waals surface area contributed by atoms with Crippen molar-refractivity contribution in [3.8, 4) is 5.69 Å². The summed E-state index contributed by atoms with van der Waals surface area (Å²) in [5, 5.41) is 7.82. The number of likely N-dealkylation sites (N-methyl/N-ethyl adjacent to an activating group) is 1. The Bertz CT molecular complexity index is 738. The van der Waals surface area contributed by atoms with Gasteiger partial charge in [0.1, 0.15) is 0 Å². The first-order valence-corrected chi connectivity index (χ1v) is 7.95. The molecule has 1 aliphatic heterocycles. The van der Waals surface area contributed by atoms with Gasteiger partial charge in [-0.3, -0.25) is 4.79 Å². The second-order valence-electron chi connectivity index (χ2n) is 5.71. The van der Waals surface area contributed by atoms with Gasteiger partial charge in [-0.15, -0.1) is 0 Å². The van der Waals surface area contributed by atoms with E-state index in [9.17, 15) is 4.79 Å². The van der Waals surface area contributed by atoms with Crippen molar-refractivity contribution in [3.05, 3.63) is 58.9 Å². The third-order valence-electron chi connectivity index (χ3n) is 3.90. The van der Waals surface area contributed by atoms with Gasteiger partial charge in [-0.2, -0.15) is 5.10 Å². The molecule has 6 heteroatoms. The molecule has 3 rings (SSSR count). The lowest BCUT2D eigenvalue weighted by atomic mass is 10.1. The Hall–Kier alpha value is -2.11. The van der Waals surface area contributed by atoms with E-state index < -0.39 is 0 Å². The molecule has 1 aromatic carbocycles. The van der Waals surface area contributed by atoms with Crippen LogP contribution >= 0.6 is 11.6 Å². The van der Waals surface area contributed by atoms with E-state index in [0.29, 0.717) is 17.1 Å². The molecule has 0 radical (unpaired) electrons. The average Bonchev–Trinajstić information content (AvgIpc) is 3.04. The minimum Gasteiger partial charge on any atom is -0.348 e. The van der Waals surface area contributed by atoms with Crippen molar-refractivity contribution in [2.75, 3.05) is 26.7 Å². The number of nitrogens with one attached hydrogen (secondary N) is 1. The van der Waals surface area contributed by atoms with Gasteiger partial charge in [0.25, 0.3) is 5.91 Å². The first kappa shape index (κ1) is 15.8. The third kappa shape index (κ3) is 4.00. The van der Waals surface area contributed by atoms with Gasteiger partial charge in [0.2, 0.25) is 0 Å². The Morgan fingerprint density at radius 2 is 2.30 bits per heavy atom. The Morgan fingerprint density at radius 3 is 3.04 bits per heavy atom. The van der Waals surface area contributed by atoms with Crippen molar-refractivity contribution in [2.45, 2.75) is 6.42 Å². The van der Waals surface area contributed by atoms with E-state index >= 15 is 0 Å². The summed E-state index contributed by atoms with van der Waals surface area (Å²) in [5.74, 6) is -0.113. The van der Waals surface area contributed by atoms with E-state index in [1.54, 1.807) is 29.2 Å². The van der Waals surface area contributed by atoms with Crippen LogP contribution in [0.25, 0.3) is 5.69 Å². The number of aromatic nitrogens is 2. The highest BCUT2D eigenvalue weighted by atomic mass is 35.5. The third-order valence-corrected chi connectivity index (χ3v) is 4.13. The smallest absolute Gasteiger partial charge is 0.254 e. The SMILES string of the molecule is CN1CC=C(CNC(=O)c2cnn(-c3cccc(Cl)c3)c2)CC1. The highest BCUT2D eigenvalue weighted by Crippen LogP contribution is 2.15. The molecule has 0 atom stereocenters. The first-order valence-electron chi connectivity index (χ1n) is 7.57. The molecule has 0 unspecified atom stereocenters. The summed E-state index contributed by atoms with van der Waals surface area (Å²) >= 11 is 5.98. The van der Waals surface area contributed by atoms with Gasteiger partial charge in [-0.05, 0) is 31.7 Å². The molecule has 0 fully saturated rings. The summed E-state index contributed by atoms with van der Waals surface area (Å²) in [7, 11) is 2.09. The van der Waals surface area contributed by atoms with Crippen LogP contribution in [-0.4, -0.2) is 47.3 Å². The lowest BCUT2D eigenvalue weighted by Gasteiger charge is -2.21. The fourth-order valence-corrected chi connectivity index (χ4v) is 2.65. The molecular weight excluding hydrogens is 312 g/mol. The average molecular weight is 331 g/mol. The van der Waals surface area contributed by atoms with Crippen molar-refractivity contribution in [2.24, 2.45) is 0 Å². The summed E-state index contributed by atoms with van der Waals surface area (Å²) in [5.41, 5.74) is 2.65. The largest absolute Gasteiger partial charge is 0.348 e. The van der Waals surface area contributed by atoms with Crippen LogP contribution in [0.15, 0.2) is 48.3 Å². The van der Waals surface area contributed by atoms with Crippen LogP contribution in [0.2, 0.25) is 5.02 Å². The molecule has 1 aromatic heterocycles. The van der Waals surface area contributed by atoms with Crippen LogP contribution in [0.3, 0.4) is 0 Å². The van der Waals surface area contributed by atoms with Crippen molar-refractivity contribution in [1.82, 2.24) is 20.0 Å². The summed E-state index contributed by atoms with van der Waals surface area (Å²) in [6.07, 6.45) is 6.46. The molecule has 1 amide bonds. The Morgan fingerprint density at radius 1 is 1.43 bits per heavy atom. The predicted molar refractivity (Wildman–Crippen MR) is 91.1 cm³/mol. The number of halogens is 1. The van der Waals surface area contributed by atoms with Crippen molar-refractivity contribution >= 4 is 17.5 Å². The van der Waals surface area contributed by atoms with Crippen LogP contribution in [-0.2, 0) is 0 Å². The predicted octanol–water partition coefficient (Wildman–Crippen LogP) is 2.52. The lowest BCUT2D eigenvalue weighted by Crippen LogP contribution is -2.30. The minimum absolute atomic E-state index is 0.113. The van der Waals surface area contributed by atoms with E-state index in [1.807, 2.05) is 12.1 Å². The standard InChI is InChI=1S/C17H19ClN4O/c1-21-7-5-13(6-8-21)10-19-17(23)14-11-20-22(12-14)16-4-2-3-15(18)9-16/h2-5,9,11-12H,6-8,10H2,1H3,(H,19,23). The second kappa shape index (κ2) is 6.98. The highest BCUT2D eigenvalue weighted by Gasteiger charge is 2.12. The van der Waals surface area contributed by atoms with Gasteiger partial charge < -0.3 is 10.2 Å². The lowest BCUT2D eigenvalue weighted by molar-refractivity contribution is 0.0956. The van der Waals surface area contributed by atoms with Gasteiger partial charge >= 0.3 is 0 Å². The molecule has 0 bridgehead atoms. The Kier molecular flexibility index (Phi) is 4.79. The summed E-state index contributed by atoms with van der Waals surface area (Å²) < 4.78 is 1.65. The molecule has 23 heavy (non-hydrogen) atoms. The van der Waals surface area contributed by atoms with Gasteiger partial charge in [-0.1, -0.05) is 29.3 Å². The Labute approximate surface area is 140 Å². The number of carbonyl (C=O) groups excluding carboxylic acids is 1. The molecule has 120 valence electrons. The van der Waals surface area contributed by atoms with E-state index in [4.69, 9.17) is 11.6 Å². The van der Waals surface area contributed by atoms with E-state index in [0.717, 1.165) is 25.2 Å². The van der Waals surface area contributed by atoms with Crippen LogP contribution in [0.4, 0.5) is 0 Å². The second-order valence-corrected chi connectivity index (χ2v) is 6.15. The molecule has 2 heterocycles. The number of benzene rings is 1. The number of carbonyl (C=O) groups is 1. The molecular formula is C17H19ClN4O. The van der Waals surface area contributed by atoms with Crippen LogP contribution in [0.5, 0.6) is 0 Å². The Balaban J connectivity index is 1.62. The molecule has 0 saturated carbocycles. The fourth-order valence-electron chi connectivity index (χ4n) is 2.47. The van der Waals surface area contributed by atoms with Crippen LogP contribution in [0.1, 0.15) is 16.8 Å². The van der Waals surface area contributed by atoms with E-state index in [1.165, 1.54) is 5.57 Å². The topological polar surface area (TPSA) is 50.2 Å². The normalized spacial score (nSPS) is 15.3. The number of hydrogen-bond acceptors (Lipinski definition) is 3. The zero-order chi connectivity index (χ0) is 16.2. The molecule has 2 aromatic rings. The maximum absolute atomic E-state index is 12.2. The maximum atomic E-state index is 12.2.